The van der Waals surface area contributed by atoms with Crippen LogP contribution in [0.25, 0.3) is 0 Å². The molecule has 108 valence electrons. The number of hydrogen-bond acceptors (Lipinski definition) is 3. The summed E-state index contributed by atoms with van der Waals surface area (Å²) in [5.74, 6) is -0.812. The van der Waals surface area contributed by atoms with Crippen molar-refractivity contribution in [1.82, 2.24) is 4.98 Å². The fraction of sp³-hybridized carbons (Fsp3) is 0.133. The summed E-state index contributed by atoms with van der Waals surface area (Å²) in [6.45, 7) is 3.60. The Morgan fingerprint density at radius 3 is 2.57 bits per heavy atom. The molecule has 0 saturated heterocycles. The maximum Gasteiger partial charge on any atom is 0.257 e. The number of aryl methyl sites for hydroxylation is 2. The number of hydrogen-bond donors (Lipinski definition) is 2. The molecule has 0 atom stereocenters. The van der Waals surface area contributed by atoms with Crippen LogP contribution in [0.3, 0.4) is 0 Å². The third-order valence-corrected chi connectivity index (χ3v) is 3.18. The van der Waals surface area contributed by atoms with E-state index in [0.717, 1.165) is 5.69 Å². The number of anilines is 1. The molecule has 1 heterocycles. The minimum absolute atomic E-state index is 0.0172. The fourth-order valence-electron chi connectivity index (χ4n) is 1.95. The lowest BCUT2D eigenvalue weighted by molar-refractivity contribution is 0.102. The SMILES string of the molecule is Cc1ccc(C(=O)Nc2ccc(F)cc2C(N)=S)c(C)n1. The zero-order valence-electron chi connectivity index (χ0n) is 11.6. The Morgan fingerprint density at radius 2 is 1.95 bits per heavy atom. The normalized spacial score (nSPS) is 10.2. The van der Waals surface area contributed by atoms with E-state index in [-0.39, 0.29) is 16.5 Å². The highest BCUT2D eigenvalue weighted by molar-refractivity contribution is 7.80. The minimum atomic E-state index is -0.469. The molecular formula is C15H14FN3OS. The third kappa shape index (κ3) is 3.41. The lowest BCUT2D eigenvalue weighted by atomic mass is 10.1. The van der Waals surface area contributed by atoms with E-state index in [9.17, 15) is 9.18 Å². The molecule has 1 aromatic carbocycles. The van der Waals surface area contributed by atoms with E-state index in [1.165, 1.54) is 18.2 Å². The number of rotatable bonds is 3. The number of nitrogens with zero attached hydrogens (tertiary/aromatic N) is 1. The Kier molecular flexibility index (Phi) is 4.28. The Labute approximate surface area is 127 Å². The van der Waals surface area contributed by atoms with Crippen LogP contribution in [0.1, 0.15) is 27.3 Å². The van der Waals surface area contributed by atoms with Crippen LogP contribution in [0.15, 0.2) is 30.3 Å². The minimum Gasteiger partial charge on any atom is -0.389 e. The molecule has 0 spiro atoms. The summed E-state index contributed by atoms with van der Waals surface area (Å²) in [5, 5.41) is 2.68. The third-order valence-electron chi connectivity index (χ3n) is 2.96. The van der Waals surface area contributed by atoms with Crippen LogP contribution in [-0.4, -0.2) is 15.9 Å². The molecule has 4 nitrogen and oxygen atoms in total. The molecule has 2 rings (SSSR count). The van der Waals surface area contributed by atoms with Gasteiger partial charge in [-0.15, -0.1) is 0 Å². The molecule has 0 aliphatic carbocycles. The summed E-state index contributed by atoms with van der Waals surface area (Å²) in [7, 11) is 0. The first-order chi connectivity index (χ1) is 9.88. The standard InChI is InChI=1S/C15H14FN3OS/c1-8-3-5-11(9(2)18-8)15(20)19-13-6-4-10(16)7-12(13)14(17)21/h3-7H,1-2H3,(H2,17,21)(H,19,20). The monoisotopic (exact) mass is 303 g/mol. The second kappa shape index (κ2) is 5.97. The molecule has 0 aliphatic heterocycles. The summed E-state index contributed by atoms with van der Waals surface area (Å²) in [5.41, 5.74) is 8.09. The van der Waals surface area contributed by atoms with E-state index >= 15 is 0 Å². The average Bonchev–Trinajstić information content (AvgIpc) is 2.40. The van der Waals surface area contributed by atoms with Crippen LogP contribution in [0, 0.1) is 19.7 Å². The maximum atomic E-state index is 13.2. The number of amides is 1. The largest absolute Gasteiger partial charge is 0.389 e. The van der Waals surface area contributed by atoms with E-state index in [2.05, 4.69) is 10.3 Å². The van der Waals surface area contributed by atoms with Gasteiger partial charge in [-0.25, -0.2) is 4.39 Å². The van der Waals surface area contributed by atoms with Crippen molar-refractivity contribution in [3.63, 3.8) is 0 Å². The Hall–Kier alpha value is -2.34. The van der Waals surface area contributed by atoms with Crippen molar-refractivity contribution in [3.05, 3.63) is 58.7 Å². The highest BCUT2D eigenvalue weighted by atomic mass is 32.1. The van der Waals surface area contributed by atoms with Gasteiger partial charge in [0.25, 0.3) is 5.91 Å². The number of benzene rings is 1. The van der Waals surface area contributed by atoms with Gasteiger partial charge in [0.2, 0.25) is 0 Å². The van der Waals surface area contributed by atoms with Crippen LogP contribution < -0.4 is 11.1 Å². The van der Waals surface area contributed by atoms with Crippen LogP contribution in [0.2, 0.25) is 0 Å². The van der Waals surface area contributed by atoms with Crippen LogP contribution in [-0.2, 0) is 0 Å². The number of thiocarbonyl (C=S) groups is 1. The lowest BCUT2D eigenvalue weighted by Crippen LogP contribution is -2.19. The molecule has 21 heavy (non-hydrogen) atoms. The van der Waals surface area contributed by atoms with Gasteiger partial charge in [-0.05, 0) is 44.2 Å². The first-order valence-electron chi connectivity index (χ1n) is 6.23. The lowest BCUT2D eigenvalue weighted by Gasteiger charge is -2.11. The van der Waals surface area contributed by atoms with Gasteiger partial charge in [-0.1, -0.05) is 12.2 Å². The van der Waals surface area contributed by atoms with E-state index < -0.39 is 5.82 Å². The van der Waals surface area contributed by atoms with E-state index in [0.29, 0.717) is 16.9 Å². The van der Waals surface area contributed by atoms with Gasteiger partial charge >= 0.3 is 0 Å². The average molecular weight is 303 g/mol. The molecule has 1 aromatic heterocycles. The number of nitrogens with two attached hydrogens (primary N) is 1. The van der Waals surface area contributed by atoms with Crippen LogP contribution in [0.4, 0.5) is 10.1 Å². The zero-order valence-corrected chi connectivity index (χ0v) is 12.4. The van der Waals surface area contributed by atoms with Crippen molar-refractivity contribution in [2.75, 3.05) is 5.32 Å². The molecule has 0 unspecified atom stereocenters. The predicted molar refractivity (Wildman–Crippen MR) is 84.0 cm³/mol. The van der Waals surface area contributed by atoms with Crippen molar-refractivity contribution >= 4 is 28.8 Å². The van der Waals surface area contributed by atoms with Gasteiger partial charge in [0.15, 0.2) is 0 Å². The van der Waals surface area contributed by atoms with Crippen molar-refractivity contribution in [2.45, 2.75) is 13.8 Å². The molecule has 1 amide bonds. The summed E-state index contributed by atoms with van der Waals surface area (Å²) >= 11 is 4.87. The van der Waals surface area contributed by atoms with Crippen LogP contribution in [0.5, 0.6) is 0 Å². The van der Waals surface area contributed by atoms with E-state index in [4.69, 9.17) is 18.0 Å². The zero-order chi connectivity index (χ0) is 15.6. The van der Waals surface area contributed by atoms with Crippen molar-refractivity contribution in [2.24, 2.45) is 5.73 Å². The molecule has 0 radical (unpaired) electrons. The molecule has 3 N–H and O–H groups in total. The molecule has 0 bridgehead atoms. The van der Waals surface area contributed by atoms with Crippen molar-refractivity contribution < 1.29 is 9.18 Å². The number of carbonyl (C=O) groups is 1. The number of aromatic nitrogens is 1. The second-order valence-corrected chi connectivity index (χ2v) is 5.03. The summed E-state index contributed by atoms with van der Waals surface area (Å²) < 4.78 is 13.2. The molecule has 0 fully saturated rings. The number of halogens is 1. The molecule has 0 saturated carbocycles. The highest BCUT2D eigenvalue weighted by Gasteiger charge is 2.14. The quantitative estimate of drug-likeness (QED) is 0.856. The molecule has 0 aliphatic rings. The Bertz CT molecular complexity index is 731. The molecule has 6 heteroatoms. The van der Waals surface area contributed by atoms with Gasteiger partial charge in [0.05, 0.1) is 16.9 Å². The number of carbonyl (C=O) groups excluding carboxylic acids is 1. The van der Waals surface area contributed by atoms with Gasteiger partial charge in [-0.3, -0.25) is 9.78 Å². The van der Waals surface area contributed by atoms with Crippen LogP contribution >= 0.6 is 12.2 Å². The number of pyridine rings is 1. The van der Waals surface area contributed by atoms with Gasteiger partial charge in [0, 0.05) is 11.3 Å². The maximum absolute atomic E-state index is 13.2. The first-order valence-corrected chi connectivity index (χ1v) is 6.64. The van der Waals surface area contributed by atoms with Gasteiger partial charge in [0.1, 0.15) is 10.8 Å². The topological polar surface area (TPSA) is 68.0 Å². The van der Waals surface area contributed by atoms with Gasteiger partial charge < -0.3 is 11.1 Å². The Balaban J connectivity index is 2.34. The second-order valence-electron chi connectivity index (χ2n) is 4.59. The smallest absolute Gasteiger partial charge is 0.257 e. The highest BCUT2D eigenvalue weighted by Crippen LogP contribution is 2.18. The summed E-state index contributed by atoms with van der Waals surface area (Å²) in [6.07, 6.45) is 0. The van der Waals surface area contributed by atoms with Crippen molar-refractivity contribution in [3.8, 4) is 0 Å². The van der Waals surface area contributed by atoms with Gasteiger partial charge in [-0.2, -0.15) is 0 Å². The van der Waals surface area contributed by atoms with Crippen molar-refractivity contribution in [1.29, 1.82) is 0 Å². The Morgan fingerprint density at radius 1 is 1.24 bits per heavy atom. The number of nitrogens with one attached hydrogen (secondary N) is 1. The van der Waals surface area contributed by atoms with E-state index in [1.807, 2.05) is 6.92 Å². The fourth-order valence-corrected chi connectivity index (χ4v) is 2.11. The molecular weight excluding hydrogens is 289 g/mol. The van der Waals surface area contributed by atoms with E-state index in [1.54, 1.807) is 19.1 Å². The first kappa shape index (κ1) is 15.1. The molecule has 2 aromatic rings. The summed E-state index contributed by atoms with van der Waals surface area (Å²) in [4.78, 5) is 16.5. The summed E-state index contributed by atoms with van der Waals surface area (Å²) in [6, 6.07) is 7.30. The predicted octanol–water partition coefficient (Wildman–Crippen LogP) is 2.72.